The van der Waals surface area contributed by atoms with E-state index in [0.29, 0.717) is 21.9 Å². The fourth-order valence-corrected chi connectivity index (χ4v) is 5.28. The second-order valence-electron chi connectivity index (χ2n) is 13.0. The minimum atomic E-state index is -1.01. The molecule has 5 rings (SSSR count). The summed E-state index contributed by atoms with van der Waals surface area (Å²) in [5.74, 6) is -0.644. The Balaban J connectivity index is 1.74. The van der Waals surface area contributed by atoms with Gasteiger partial charge in [-0.25, -0.2) is 28.8 Å². The van der Waals surface area contributed by atoms with Crippen LogP contribution < -0.4 is 5.56 Å². The van der Waals surface area contributed by atoms with Gasteiger partial charge in [-0.1, -0.05) is 24.3 Å². The van der Waals surface area contributed by atoms with Crippen molar-refractivity contribution in [3.8, 4) is 28.5 Å². The predicted octanol–water partition coefficient (Wildman–Crippen LogP) is 7.38. The van der Waals surface area contributed by atoms with Gasteiger partial charge < -0.3 is 9.47 Å². The molecule has 244 valence electrons. The molecule has 0 fully saturated rings. The zero-order chi connectivity index (χ0) is 35.1. The fourth-order valence-electron chi connectivity index (χ4n) is 5.28. The number of benzene rings is 3. The van der Waals surface area contributed by atoms with Crippen molar-refractivity contribution in [2.45, 2.75) is 59.3 Å². The average Bonchev–Trinajstić information content (AvgIpc) is 3.38. The van der Waals surface area contributed by atoms with Crippen molar-refractivity contribution < 1.29 is 23.5 Å². The number of rotatable bonds is 4. The van der Waals surface area contributed by atoms with Crippen molar-refractivity contribution in [1.29, 1.82) is 5.26 Å². The number of imide groups is 1. The van der Waals surface area contributed by atoms with Crippen LogP contribution >= 0.6 is 0 Å². The number of fused-ring (bicyclic) bond motifs is 2. The number of aromatic nitrogens is 4. The molecule has 2 aromatic heterocycles. The first-order valence-electron chi connectivity index (χ1n) is 14.8. The van der Waals surface area contributed by atoms with Gasteiger partial charge in [0.25, 0.3) is 5.56 Å². The van der Waals surface area contributed by atoms with Gasteiger partial charge in [0.2, 0.25) is 5.69 Å². The number of hydrogen-bond donors (Lipinski definition) is 1. The Morgan fingerprint density at radius 1 is 1.06 bits per heavy atom. The molecule has 0 aliphatic rings. The van der Waals surface area contributed by atoms with Crippen LogP contribution in [0.3, 0.4) is 0 Å². The summed E-state index contributed by atoms with van der Waals surface area (Å²) >= 11 is 0. The number of aryl methyl sites for hydroxylation is 1. The van der Waals surface area contributed by atoms with Gasteiger partial charge >= 0.3 is 12.2 Å². The van der Waals surface area contributed by atoms with E-state index in [-0.39, 0.29) is 39.0 Å². The zero-order valence-electron chi connectivity index (χ0n) is 27.4. The lowest BCUT2D eigenvalue weighted by molar-refractivity contribution is -0.000434. The third-order valence-electron chi connectivity index (χ3n) is 7.20. The van der Waals surface area contributed by atoms with Crippen molar-refractivity contribution in [3.63, 3.8) is 0 Å². The third kappa shape index (κ3) is 6.44. The topological polar surface area (TPSA) is 148 Å². The molecule has 2 heterocycles. The molecule has 48 heavy (non-hydrogen) atoms. The summed E-state index contributed by atoms with van der Waals surface area (Å²) in [7, 11) is 1.60. The van der Waals surface area contributed by atoms with E-state index in [1.165, 1.54) is 23.0 Å². The number of aromatic amines is 1. The van der Waals surface area contributed by atoms with Gasteiger partial charge in [-0.2, -0.15) is 15.5 Å². The number of hydrogen-bond acceptors (Lipinski definition) is 8. The lowest BCUT2D eigenvalue weighted by Crippen LogP contribution is -2.43. The first kappa shape index (κ1) is 33.3. The molecule has 0 atom stereocenters. The molecule has 1 N–H and O–H groups in total. The maximum Gasteiger partial charge on any atom is 0.420 e. The van der Waals surface area contributed by atoms with Crippen molar-refractivity contribution >= 4 is 39.4 Å². The molecule has 0 radical (unpaired) electrons. The highest BCUT2D eigenvalue weighted by Crippen LogP contribution is 2.43. The second-order valence-corrected chi connectivity index (χ2v) is 13.0. The van der Waals surface area contributed by atoms with E-state index in [1.54, 1.807) is 78.9 Å². The minimum absolute atomic E-state index is 0.0163. The van der Waals surface area contributed by atoms with Crippen LogP contribution in [0, 0.1) is 23.7 Å². The molecule has 3 aromatic carbocycles. The molecule has 13 heteroatoms. The van der Waals surface area contributed by atoms with E-state index < -0.39 is 41.3 Å². The molecule has 2 amide bonds. The van der Waals surface area contributed by atoms with Crippen LogP contribution in [-0.4, -0.2) is 48.3 Å². The number of carbonyl (C=O) groups excluding carboxylic acids is 2. The van der Waals surface area contributed by atoms with Crippen LogP contribution in [0.5, 0.6) is 0 Å². The molecule has 0 spiro atoms. The quantitative estimate of drug-likeness (QED) is 0.198. The fraction of sp³-hybridized carbons (Fsp3) is 0.286. The Morgan fingerprint density at radius 2 is 1.71 bits per heavy atom. The number of amides is 2. The van der Waals surface area contributed by atoms with Crippen LogP contribution in [0.15, 0.2) is 53.5 Å². The predicted molar refractivity (Wildman–Crippen MR) is 176 cm³/mol. The number of H-pyrrole nitrogens is 1. The van der Waals surface area contributed by atoms with E-state index in [0.717, 1.165) is 4.90 Å². The van der Waals surface area contributed by atoms with Gasteiger partial charge in [-0.3, -0.25) is 9.48 Å². The van der Waals surface area contributed by atoms with Crippen LogP contribution in [0.2, 0.25) is 0 Å². The summed E-state index contributed by atoms with van der Waals surface area (Å²) in [5, 5.41) is 22.2. The number of carbonyl (C=O) groups is 2. The number of ether oxygens (including phenoxy) is 2. The Morgan fingerprint density at radius 3 is 2.31 bits per heavy atom. The summed E-state index contributed by atoms with van der Waals surface area (Å²) in [6.45, 7) is 17.3. The maximum absolute atomic E-state index is 15.9. The van der Waals surface area contributed by atoms with E-state index in [2.05, 4.69) is 20.1 Å². The van der Waals surface area contributed by atoms with Gasteiger partial charge in [0, 0.05) is 23.6 Å². The molecular weight excluding hydrogens is 617 g/mol. The average molecular weight is 650 g/mol. The zero-order valence-corrected chi connectivity index (χ0v) is 27.4. The molecule has 0 bridgehead atoms. The molecule has 0 aliphatic carbocycles. The van der Waals surface area contributed by atoms with Gasteiger partial charge in [0.1, 0.15) is 23.1 Å². The van der Waals surface area contributed by atoms with Crippen LogP contribution in [-0.2, 0) is 23.1 Å². The first-order valence-corrected chi connectivity index (χ1v) is 14.8. The standard InChI is InChI=1S/C35H32FN7O5/c1-34(2,3)47-32(45)43(33(46)48-35(4,5)6)18-26-23-14-20(13-21(16-37)27(23)31(44)41-40-26)24-17-39-42(8)30(24)28-25(36)15-19-11-9-10-12-22(19)29(28)38-7/h9-15,17H,18H2,1-6,8H3,(H,41,44). The largest absolute Gasteiger partial charge is 0.443 e. The highest BCUT2D eigenvalue weighted by Gasteiger charge is 2.33. The van der Waals surface area contributed by atoms with Gasteiger partial charge in [-0.05, 0) is 76.1 Å². The Bertz CT molecular complexity index is 2240. The molecule has 0 unspecified atom stereocenters. The van der Waals surface area contributed by atoms with Crippen LogP contribution in [0.4, 0.5) is 19.7 Å². The lowest BCUT2D eigenvalue weighted by atomic mass is 9.93. The first-order chi connectivity index (χ1) is 22.5. The van der Waals surface area contributed by atoms with Crippen molar-refractivity contribution in [1.82, 2.24) is 24.9 Å². The lowest BCUT2D eigenvalue weighted by Gasteiger charge is -2.28. The molecule has 5 aromatic rings. The van der Waals surface area contributed by atoms with Gasteiger partial charge in [-0.15, -0.1) is 0 Å². The van der Waals surface area contributed by atoms with Crippen molar-refractivity contribution in [2.75, 3.05) is 0 Å². The summed E-state index contributed by atoms with van der Waals surface area (Å²) in [6, 6.07) is 13.4. The second kappa shape index (κ2) is 12.3. The van der Waals surface area contributed by atoms with Crippen LogP contribution in [0.25, 0.3) is 48.8 Å². The Kier molecular flexibility index (Phi) is 8.50. The summed E-state index contributed by atoms with van der Waals surface area (Å²) in [5.41, 5.74) is -1.54. The van der Waals surface area contributed by atoms with Crippen LogP contribution in [0.1, 0.15) is 52.8 Å². The highest BCUT2D eigenvalue weighted by atomic mass is 19.1. The number of nitrogens with zero attached hydrogens (tertiary/aromatic N) is 6. The van der Waals surface area contributed by atoms with Crippen molar-refractivity contribution in [2.24, 2.45) is 7.05 Å². The summed E-state index contributed by atoms with van der Waals surface area (Å²) < 4.78 is 28.2. The molecule has 0 aliphatic heterocycles. The van der Waals surface area contributed by atoms with E-state index in [9.17, 15) is 19.6 Å². The highest BCUT2D eigenvalue weighted by molar-refractivity contribution is 6.04. The maximum atomic E-state index is 15.9. The monoisotopic (exact) mass is 649 g/mol. The number of halogens is 1. The van der Waals surface area contributed by atoms with E-state index in [1.807, 2.05) is 6.07 Å². The smallest absolute Gasteiger partial charge is 0.420 e. The molecule has 12 nitrogen and oxygen atoms in total. The number of nitriles is 1. The minimum Gasteiger partial charge on any atom is -0.443 e. The summed E-state index contributed by atoms with van der Waals surface area (Å²) in [4.78, 5) is 44.0. The van der Waals surface area contributed by atoms with Gasteiger partial charge in [0.15, 0.2) is 0 Å². The van der Waals surface area contributed by atoms with E-state index in [4.69, 9.17) is 16.0 Å². The Hall–Kier alpha value is -6.08. The molecule has 0 saturated carbocycles. The van der Waals surface area contributed by atoms with Crippen molar-refractivity contribution in [3.05, 3.63) is 87.5 Å². The van der Waals surface area contributed by atoms with Gasteiger partial charge in [0.05, 0.1) is 41.7 Å². The SMILES string of the molecule is [C-]#[N+]c1c(-c2c(-c3cc(C#N)c4c(=O)[nH]nc(CN(C(=O)OC(C)(C)C)C(=O)OC(C)(C)C)c4c3)cnn2C)c(F)cc2ccccc12. The third-order valence-corrected chi connectivity index (χ3v) is 7.20. The summed E-state index contributed by atoms with van der Waals surface area (Å²) in [6.07, 6.45) is -0.557. The van der Waals surface area contributed by atoms with E-state index >= 15 is 4.39 Å². The Labute approximate surface area is 275 Å². The number of nitrogens with one attached hydrogen (secondary N) is 1. The normalized spacial score (nSPS) is 11.6. The molecular formula is C35H32FN7O5. The molecule has 0 saturated heterocycles.